The molecule has 1 N–H and O–H groups in total. The fraction of sp³-hybridized carbons (Fsp3) is 0.440. The topological polar surface area (TPSA) is 73.9 Å². The highest BCUT2D eigenvalue weighted by Crippen LogP contribution is 2.29. The van der Waals surface area contributed by atoms with Gasteiger partial charge in [0.25, 0.3) is 0 Å². The molecule has 0 saturated carbocycles. The summed E-state index contributed by atoms with van der Waals surface area (Å²) in [5.41, 5.74) is 2.10. The zero-order valence-electron chi connectivity index (χ0n) is 18.9. The molecule has 6 nitrogen and oxygen atoms in total. The van der Waals surface area contributed by atoms with Gasteiger partial charge in [-0.05, 0) is 75.6 Å². The third-order valence-electron chi connectivity index (χ3n) is 4.45. The highest BCUT2D eigenvalue weighted by molar-refractivity contribution is 5.93. The molecule has 0 heterocycles. The van der Waals surface area contributed by atoms with Crippen LogP contribution in [-0.2, 0) is 16.0 Å². The van der Waals surface area contributed by atoms with E-state index in [1.54, 1.807) is 38.1 Å². The molecule has 1 amide bonds. The van der Waals surface area contributed by atoms with Gasteiger partial charge in [0.15, 0.2) is 11.5 Å². The van der Waals surface area contributed by atoms with Crippen molar-refractivity contribution in [2.75, 3.05) is 18.5 Å². The molecule has 0 aliphatic rings. The molecule has 0 spiro atoms. The first-order valence-corrected chi connectivity index (χ1v) is 10.9. The van der Waals surface area contributed by atoms with Crippen LogP contribution in [0.3, 0.4) is 0 Å². The lowest BCUT2D eigenvalue weighted by Crippen LogP contribution is -2.13. The molecule has 0 saturated heterocycles. The van der Waals surface area contributed by atoms with Crippen LogP contribution in [0.15, 0.2) is 42.5 Å². The molecule has 0 aliphatic heterocycles. The van der Waals surface area contributed by atoms with Crippen molar-refractivity contribution < 1.29 is 23.8 Å². The number of ether oxygens (including phenoxy) is 3. The van der Waals surface area contributed by atoms with Gasteiger partial charge in [-0.15, -0.1) is 0 Å². The maximum Gasteiger partial charge on any atom is 0.338 e. The highest BCUT2D eigenvalue weighted by Gasteiger charge is 2.11. The number of hydrogen-bond donors (Lipinski definition) is 1. The molecule has 0 unspecified atom stereocenters. The lowest BCUT2D eigenvalue weighted by Gasteiger charge is -2.13. The number of esters is 1. The normalized spacial score (nSPS) is 10.6. The Hall–Kier alpha value is -3.02. The van der Waals surface area contributed by atoms with E-state index in [9.17, 15) is 9.59 Å². The highest BCUT2D eigenvalue weighted by atomic mass is 16.5. The first kappa shape index (κ1) is 24.3. The van der Waals surface area contributed by atoms with Gasteiger partial charge in [-0.3, -0.25) is 4.79 Å². The summed E-state index contributed by atoms with van der Waals surface area (Å²) in [4.78, 5) is 24.2. The van der Waals surface area contributed by atoms with Gasteiger partial charge in [0.1, 0.15) is 0 Å². The molecule has 6 heteroatoms. The average molecular weight is 428 g/mol. The number of hydrogen-bond acceptors (Lipinski definition) is 5. The summed E-state index contributed by atoms with van der Waals surface area (Å²) >= 11 is 0. The summed E-state index contributed by atoms with van der Waals surface area (Å²) in [5, 5.41) is 2.86. The molecular weight excluding hydrogens is 394 g/mol. The lowest BCUT2D eigenvalue weighted by atomic mass is 10.1. The summed E-state index contributed by atoms with van der Waals surface area (Å²) < 4.78 is 16.7. The third-order valence-corrected chi connectivity index (χ3v) is 4.45. The van der Waals surface area contributed by atoms with Crippen LogP contribution in [-0.4, -0.2) is 31.2 Å². The van der Waals surface area contributed by atoms with Crippen molar-refractivity contribution in [2.24, 2.45) is 0 Å². The van der Waals surface area contributed by atoms with E-state index < -0.39 is 0 Å². The van der Waals surface area contributed by atoms with E-state index in [0.717, 1.165) is 24.2 Å². The van der Waals surface area contributed by atoms with Crippen molar-refractivity contribution in [3.63, 3.8) is 0 Å². The molecule has 31 heavy (non-hydrogen) atoms. The number of anilines is 1. The molecule has 2 aromatic carbocycles. The largest absolute Gasteiger partial charge is 0.490 e. The molecule has 2 aromatic rings. The number of rotatable bonds is 12. The Bertz CT molecular complexity index is 845. The molecule has 0 bridgehead atoms. The van der Waals surface area contributed by atoms with E-state index in [1.165, 1.54) is 0 Å². The Balaban J connectivity index is 1.90. The fourth-order valence-electron chi connectivity index (χ4n) is 2.88. The van der Waals surface area contributed by atoms with Gasteiger partial charge in [0.2, 0.25) is 5.91 Å². The van der Waals surface area contributed by atoms with Gasteiger partial charge in [0.05, 0.1) is 24.9 Å². The molecular formula is C25H33NO5. The second-order valence-corrected chi connectivity index (χ2v) is 7.50. The van der Waals surface area contributed by atoms with Gasteiger partial charge < -0.3 is 19.5 Å². The number of aryl methyl sites for hydroxylation is 1. The van der Waals surface area contributed by atoms with Crippen LogP contribution in [0.4, 0.5) is 5.69 Å². The van der Waals surface area contributed by atoms with Crippen molar-refractivity contribution >= 4 is 17.6 Å². The van der Waals surface area contributed by atoms with Gasteiger partial charge in [-0.25, -0.2) is 4.79 Å². The zero-order chi connectivity index (χ0) is 22.6. The molecule has 0 fully saturated rings. The van der Waals surface area contributed by atoms with E-state index in [4.69, 9.17) is 14.2 Å². The number of carbonyl (C=O) groups is 2. The van der Waals surface area contributed by atoms with Crippen LogP contribution in [0.25, 0.3) is 0 Å². The quantitative estimate of drug-likeness (QED) is 0.363. The van der Waals surface area contributed by atoms with Crippen molar-refractivity contribution in [2.45, 2.75) is 59.5 Å². The Morgan fingerprint density at radius 2 is 1.71 bits per heavy atom. The second kappa shape index (κ2) is 12.6. The molecule has 168 valence electrons. The second-order valence-electron chi connectivity index (χ2n) is 7.50. The number of amides is 1. The minimum absolute atomic E-state index is 0.0984. The predicted molar refractivity (Wildman–Crippen MR) is 122 cm³/mol. The Morgan fingerprint density at radius 3 is 2.35 bits per heavy atom. The summed E-state index contributed by atoms with van der Waals surface area (Å²) in [6.45, 7) is 8.87. The van der Waals surface area contributed by atoms with Crippen LogP contribution in [0.2, 0.25) is 0 Å². The minimum Gasteiger partial charge on any atom is -0.490 e. The van der Waals surface area contributed by atoms with Gasteiger partial charge in [-0.2, -0.15) is 0 Å². The maximum atomic E-state index is 12.3. The SMILES string of the molecule is CCCCOc1ccc(CCC(=O)Nc2ccc(C(=O)OC(C)C)cc2)cc1OCC. The number of carbonyl (C=O) groups excluding carboxylic acids is 2. The fourth-order valence-corrected chi connectivity index (χ4v) is 2.88. The van der Waals surface area contributed by atoms with E-state index in [2.05, 4.69) is 12.2 Å². The van der Waals surface area contributed by atoms with Gasteiger partial charge in [-0.1, -0.05) is 19.4 Å². The van der Waals surface area contributed by atoms with Crippen molar-refractivity contribution in [1.82, 2.24) is 0 Å². The summed E-state index contributed by atoms with van der Waals surface area (Å²) in [7, 11) is 0. The molecule has 0 aromatic heterocycles. The third kappa shape index (κ3) is 8.32. The standard InChI is InChI=1S/C25H33NO5/c1-5-7-16-30-22-14-8-19(17-23(22)29-6-2)9-15-24(27)26-21-12-10-20(11-13-21)25(28)31-18(3)4/h8,10-14,17-18H,5-7,9,15-16H2,1-4H3,(H,26,27). The van der Waals surface area contributed by atoms with Crippen LogP contribution in [0, 0.1) is 0 Å². The van der Waals surface area contributed by atoms with E-state index in [1.807, 2.05) is 25.1 Å². The van der Waals surface area contributed by atoms with Crippen LogP contribution in [0.1, 0.15) is 62.9 Å². The number of nitrogens with one attached hydrogen (secondary N) is 1. The Morgan fingerprint density at radius 1 is 0.968 bits per heavy atom. The van der Waals surface area contributed by atoms with Crippen molar-refractivity contribution in [1.29, 1.82) is 0 Å². The van der Waals surface area contributed by atoms with E-state index in [-0.39, 0.29) is 18.0 Å². The maximum absolute atomic E-state index is 12.3. The smallest absolute Gasteiger partial charge is 0.338 e. The number of unbranched alkanes of at least 4 members (excludes halogenated alkanes) is 1. The van der Waals surface area contributed by atoms with E-state index >= 15 is 0 Å². The van der Waals surface area contributed by atoms with Crippen LogP contribution in [0.5, 0.6) is 11.5 Å². The summed E-state index contributed by atoms with van der Waals surface area (Å²) in [6, 6.07) is 12.5. The number of benzene rings is 2. The Labute approximate surface area is 184 Å². The van der Waals surface area contributed by atoms with Gasteiger partial charge >= 0.3 is 5.97 Å². The molecule has 0 atom stereocenters. The van der Waals surface area contributed by atoms with Crippen LogP contribution < -0.4 is 14.8 Å². The van der Waals surface area contributed by atoms with Crippen molar-refractivity contribution in [3.05, 3.63) is 53.6 Å². The Kier molecular flexibility index (Phi) is 9.88. The van der Waals surface area contributed by atoms with E-state index in [0.29, 0.717) is 43.1 Å². The van der Waals surface area contributed by atoms with Crippen molar-refractivity contribution in [3.8, 4) is 11.5 Å². The monoisotopic (exact) mass is 427 g/mol. The average Bonchev–Trinajstić information content (AvgIpc) is 2.74. The first-order valence-electron chi connectivity index (χ1n) is 10.9. The summed E-state index contributed by atoms with van der Waals surface area (Å²) in [5.74, 6) is 0.971. The molecule has 2 rings (SSSR count). The zero-order valence-corrected chi connectivity index (χ0v) is 18.9. The molecule has 0 radical (unpaired) electrons. The van der Waals surface area contributed by atoms with Crippen LogP contribution >= 0.6 is 0 Å². The molecule has 0 aliphatic carbocycles. The summed E-state index contributed by atoms with van der Waals surface area (Å²) in [6.07, 6.45) is 2.81. The minimum atomic E-state index is -0.375. The predicted octanol–water partition coefficient (Wildman–Crippen LogP) is 5.40. The van der Waals surface area contributed by atoms with Gasteiger partial charge in [0, 0.05) is 12.1 Å². The lowest BCUT2D eigenvalue weighted by molar-refractivity contribution is -0.116. The first-order chi connectivity index (χ1) is 14.9.